The smallest absolute Gasteiger partial charge is 0.264 e. The number of carbonyl (C=O) groups excluding carboxylic acids is 1. The topological polar surface area (TPSA) is 107 Å². The zero-order valence-corrected chi connectivity index (χ0v) is 13.8. The maximum absolute atomic E-state index is 12.2. The number of nitrogens with one attached hydrogen (secondary N) is 1. The lowest BCUT2D eigenvalue weighted by Crippen LogP contribution is -2.36. The molecule has 0 unspecified atom stereocenters. The van der Waals surface area contributed by atoms with Gasteiger partial charge in [-0.25, -0.2) is 21.6 Å². The van der Waals surface area contributed by atoms with Gasteiger partial charge in [-0.1, -0.05) is 0 Å². The van der Waals surface area contributed by atoms with Crippen LogP contribution in [0.1, 0.15) is 12.0 Å². The minimum absolute atomic E-state index is 0.0694. The highest BCUT2D eigenvalue weighted by Crippen LogP contribution is 2.23. The number of ether oxygens (including phenoxy) is 1. The third kappa shape index (κ3) is 3.58. The van der Waals surface area contributed by atoms with Crippen molar-refractivity contribution in [2.75, 3.05) is 18.6 Å². The zero-order chi connectivity index (χ0) is 16.5. The highest BCUT2D eigenvalue weighted by molar-refractivity contribution is 7.91. The Labute approximate surface area is 129 Å². The van der Waals surface area contributed by atoms with Crippen LogP contribution >= 0.6 is 0 Å². The Morgan fingerprint density at radius 1 is 1.36 bits per heavy atom. The van der Waals surface area contributed by atoms with E-state index in [0.29, 0.717) is 11.3 Å². The number of carbonyl (C=O) groups is 1. The second kappa shape index (κ2) is 5.88. The van der Waals surface area contributed by atoms with Gasteiger partial charge in [-0.3, -0.25) is 4.79 Å². The van der Waals surface area contributed by atoms with E-state index < -0.39 is 31.7 Å². The van der Waals surface area contributed by atoms with Crippen molar-refractivity contribution in [3.05, 3.63) is 23.8 Å². The number of hydrogen-bond acceptors (Lipinski definition) is 6. The van der Waals surface area contributed by atoms with Crippen LogP contribution in [0.2, 0.25) is 0 Å². The molecule has 9 heteroatoms. The molecule has 1 N–H and O–H groups in total. The second-order valence-corrected chi connectivity index (χ2v) is 9.11. The minimum Gasteiger partial charge on any atom is -0.496 e. The summed E-state index contributed by atoms with van der Waals surface area (Å²) < 4.78 is 54.1. The monoisotopic (exact) mass is 347 g/mol. The van der Waals surface area contributed by atoms with Crippen LogP contribution in [0.4, 0.5) is 0 Å². The summed E-state index contributed by atoms with van der Waals surface area (Å²) in [6.45, 7) is 1.68. The molecule has 0 aliphatic carbocycles. The van der Waals surface area contributed by atoms with Crippen LogP contribution in [0.15, 0.2) is 23.1 Å². The maximum Gasteiger partial charge on any atom is 0.264 e. The molecule has 1 aromatic rings. The summed E-state index contributed by atoms with van der Waals surface area (Å²) in [5.74, 6) is -1.47. The van der Waals surface area contributed by atoms with Crippen LogP contribution in [0.25, 0.3) is 0 Å². The maximum atomic E-state index is 12.2. The van der Waals surface area contributed by atoms with Crippen LogP contribution in [-0.2, 0) is 24.7 Å². The molecular weight excluding hydrogens is 330 g/mol. The molecule has 0 radical (unpaired) electrons. The zero-order valence-electron chi connectivity index (χ0n) is 12.2. The molecule has 0 aromatic heterocycles. The first-order chi connectivity index (χ1) is 10.1. The molecule has 1 heterocycles. The summed E-state index contributed by atoms with van der Waals surface area (Å²) in [7, 11) is -5.81. The molecule has 1 fully saturated rings. The van der Waals surface area contributed by atoms with Gasteiger partial charge in [-0.05, 0) is 37.1 Å². The lowest BCUT2D eigenvalue weighted by molar-refractivity contribution is -0.122. The van der Waals surface area contributed by atoms with Gasteiger partial charge in [-0.2, -0.15) is 0 Å². The predicted molar refractivity (Wildman–Crippen MR) is 79.8 cm³/mol. The number of hydrogen-bond donors (Lipinski definition) is 1. The van der Waals surface area contributed by atoms with Crippen molar-refractivity contribution >= 4 is 25.8 Å². The van der Waals surface area contributed by atoms with Crippen molar-refractivity contribution in [2.45, 2.75) is 18.2 Å². The van der Waals surface area contributed by atoms with Gasteiger partial charge in [0.25, 0.3) is 10.0 Å². The number of amides is 1. The third-order valence-corrected chi connectivity index (χ3v) is 6.63. The van der Waals surface area contributed by atoms with E-state index >= 15 is 0 Å². The van der Waals surface area contributed by atoms with E-state index in [9.17, 15) is 21.6 Å². The van der Waals surface area contributed by atoms with E-state index in [0.717, 1.165) is 0 Å². The Morgan fingerprint density at radius 3 is 2.55 bits per heavy atom. The standard InChI is InChI=1S/C13H17NO6S2/c1-9-7-11(3-4-12(9)20-2)22(18,19)14-13(15)10-5-6-21(16,17)8-10/h3-4,7,10H,5-6,8H2,1-2H3,(H,14,15)/t10-/m0/s1. The number of sulfonamides is 1. The van der Waals surface area contributed by atoms with Crippen LogP contribution in [-0.4, -0.2) is 41.4 Å². The summed E-state index contributed by atoms with van der Waals surface area (Å²) in [6.07, 6.45) is 0.144. The van der Waals surface area contributed by atoms with Gasteiger partial charge in [-0.15, -0.1) is 0 Å². The second-order valence-electron chi connectivity index (χ2n) is 5.20. The SMILES string of the molecule is COc1ccc(S(=O)(=O)NC(=O)[C@H]2CCS(=O)(=O)C2)cc1C. The fourth-order valence-electron chi connectivity index (χ4n) is 2.29. The fraction of sp³-hybridized carbons (Fsp3) is 0.462. The van der Waals surface area contributed by atoms with E-state index in [2.05, 4.69) is 0 Å². The van der Waals surface area contributed by atoms with Gasteiger partial charge in [0.15, 0.2) is 9.84 Å². The van der Waals surface area contributed by atoms with E-state index in [-0.39, 0.29) is 22.8 Å². The van der Waals surface area contributed by atoms with Crippen molar-refractivity contribution < 1.29 is 26.4 Å². The van der Waals surface area contributed by atoms with Gasteiger partial charge in [0.1, 0.15) is 5.75 Å². The Hall–Kier alpha value is -1.61. The number of rotatable bonds is 4. The molecule has 1 saturated heterocycles. The molecule has 122 valence electrons. The van der Waals surface area contributed by atoms with Crippen molar-refractivity contribution in [1.82, 2.24) is 4.72 Å². The van der Waals surface area contributed by atoms with Crippen LogP contribution in [0.3, 0.4) is 0 Å². The number of aryl methyl sites for hydroxylation is 1. The summed E-state index contributed by atoms with van der Waals surface area (Å²) in [6, 6.07) is 4.21. The van der Waals surface area contributed by atoms with Crippen molar-refractivity contribution in [1.29, 1.82) is 0 Å². The van der Waals surface area contributed by atoms with Crippen molar-refractivity contribution in [3.8, 4) is 5.75 Å². The third-order valence-electron chi connectivity index (χ3n) is 3.51. The highest BCUT2D eigenvalue weighted by Gasteiger charge is 2.34. The molecule has 1 atom stereocenters. The van der Waals surface area contributed by atoms with Crippen LogP contribution in [0.5, 0.6) is 5.75 Å². The molecule has 0 bridgehead atoms. The van der Waals surface area contributed by atoms with Crippen molar-refractivity contribution in [3.63, 3.8) is 0 Å². The molecule has 22 heavy (non-hydrogen) atoms. The Balaban J connectivity index is 2.18. The summed E-state index contributed by atoms with van der Waals surface area (Å²) >= 11 is 0. The average Bonchev–Trinajstić information content (AvgIpc) is 2.78. The van der Waals surface area contributed by atoms with Gasteiger partial charge in [0.05, 0.1) is 29.4 Å². The largest absolute Gasteiger partial charge is 0.496 e. The van der Waals surface area contributed by atoms with Gasteiger partial charge in [0, 0.05) is 0 Å². The Bertz CT molecular complexity index is 798. The summed E-state index contributed by atoms with van der Waals surface area (Å²) in [4.78, 5) is 11.9. The summed E-state index contributed by atoms with van der Waals surface area (Å²) in [5, 5.41) is 0. The van der Waals surface area contributed by atoms with Gasteiger partial charge >= 0.3 is 0 Å². The molecule has 1 aliphatic heterocycles. The predicted octanol–water partition coefficient (Wildman–Crippen LogP) is 0.243. The quantitative estimate of drug-likeness (QED) is 0.836. The molecule has 0 spiro atoms. The van der Waals surface area contributed by atoms with E-state index in [1.807, 2.05) is 4.72 Å². The first-order valence-electron chi connectivity index (χ1n) is 6.56. The van der Waals surface area contributed by atoms with E-state index in [4.69, 9.17) is 4.74 Å². The molecule has 1 aromatic carbocycles. The first-order valence-corrected chi connectivity index (χ1v) is 9.87. The lowest BCUT2D eigenvalue weighted by atomic mass is 10.1. The Morgan fingerprint density at radius 2 is 2.05 bits per heavy atom. The lowest BCUT2D eigenvalue weighted by Gasteiger charge is -2.12. The number of benzene rings is 1. The van der Waals surface area contributed by atoms with E-state index in [1.54, 1.807) is 6.92 Å². The van der Waals surface area contributed by atoms with Gasteiger partial charge < -0.3 is 4.74 Å². The minimum atomic E-state index is -4.03. The fourth-order valence-corrected chi connectivity index (χ4v) is 5.16. The van der Waals surface area contributed by atoms with Crippen molar-refractivity contribution in [2.24, 2.45) is 5.92 Å². The summed E-state index contributed by atoms with van der Waals surface area (Å²) in [5.41, 5.74) is 0.612. The molecule has 2 rings (SSSR count). The average molecular weight is 347 g/mol. The Kier molecular flexibility index (Phi) is 4.48. The number of sulfone groups is 1. The molecule has 1 amide bonds. The highest BCUT2D eigenvalue weighted by atomic mass is 32.2. The number of methoxy groups -OCH3 is 1. The molecule has 0 saturated carbocycles. The van der Waals surface area contributed by atoms with Crippen LogP contribution in [0, 0.1) is 12.8 Å². The molecule has 7 nitrogen and oxygen atoms in total. The van der Waals surface area contributed by atoms with Crippen LogP contribution < -0.4 is 9.46 Å². The van der Waals surface area contributed by atoms with E-state index in [1.165, 1.54) is 25.3 Å². The molecule has 1 aliphatic rings. The normalized spacial score (nSPS) is 20.5. The molecular formula is C13H17NO6S2. The van der Waals surface area contributed by atoms with Gasteiger partial charge in [0.2, 0.25) is 5.91 Å². The first kappa shape index (κ1) is 16.8.